The molecule has 1 heterocycles. The van der Waals surface area contributed by atoms with E-state index in [1.54, 1.807) is 0 Å². The van der Waals surface area contributed by atoms with E-state index in [2.05, 4.69) is 68.0 Å². The molecule has 0 bridgehead atoms. The second kappa shape index (κ2) is 9.80. The second-order valence-corrected chi connectivity index (χ2v) is 10.8. The third-order valence-corrected chi connectivity index (χ3v) is 8.07. The molecular weight excluding hydrogens is 310 g/mol. The van der Waals surface area contributed by atoms with Crippen LogP contribution in [0.1, 0.15) is 67.2 Å². The van der Waals surface area contributed by atoms with E-state index in [4.69, 9.17) is 4.74 Å². The van der Waals surface area contributed by atoms with E-state index < -0.39 is 0 Å². The van der Waals surface area contributed by atoms with Crippen molar-refractivity contribution in [2.24, 2.45) is 5.92 Å². The van der Waals surface area contributed by atoms with Crippen LogP contribution in [0.5, 0.6) is 0 Å². The summed E-state index contributed by atoms with van der Waals surface area (Å²) in [5.41, 5.74) is 0.0565. The van der Waals surface area contributed by atoms with Crippen LogP contribution in [0.4, 0.5) is 0 Å². The van der Waals surface area contributed by atoms with Crippen molar-refractivity contribution in [3.8, 4) is 0 Å². The van der Waals surface area contributed by atoms with Crippen LogP contribution in [0.15, 0.2) is 0 Å². The Balaban J connectivity index is 2.35. The molecule has 1 rings (SSSR count). The summed E-state index contributed by atoms with van der Waals surface area (Å²) in [5, 5.41) is 0. The maximum Gasteiger partial charge on any atom is 0.0690 e. The highest BCUT2D eigenvalue weighted by Crippen LogP contribution is 2.37. The summed E-state index contributed by atoms with van der Waals surface area (Å²) in [4.78, 5) is 2.60. The van der Waals surface area contributed by atoms with Gasteiger partial charge in [-0.25, -0.2) is 0 Å². The highest BCUT2D eigenvalue weighted by molar-refractivity contribution is 8.77. The highest BCUT2D eigenvalue weighted by Gasteiger charge is 2.33. The van der Waals surface area contributed by atoms with Crippen molar-refractivity contribution in [2.75, 3.05) is 32.0 Å². The molecule has 132 valence electrons. The summed E-state index contributed by atoms with van der Waals surface area (Å²) in [6, 6.07) is 0. The molecule has 1 atom stereocenters. The second-order valence-electron chi connectivity index (χ2n) is 7.71. The molecule has 0 spiro atoms. The fourth-order valence-electron chi connectivity index (χ4n) is 2.76. The Bertz CT molecular complexity index is 309. The number of hydrogen-bond acceptors (Lipinski definition) is 4. The van der Waals surface area contributed by atoms with Crippen LogP contribution in [0.3, 0.4) is 0 Å². The molecule has 0 amide bonds. The first-order valence-corrected chi connectivity index (χ1v) is 11.3. The van der Waals surface area contributed by atoms with Crippen LogP contribution < -0.4 is 0 Å². The van der Waals surface area contributed by atoms with Crippen molar-refractivity contribution in [3.05, 3.63) is 0 Å². The number of nitrogens with zero attached hydrogens (tertiary/aromatic N) is 1. The van der Waals surface area contributed by atoms with E-state index in [-0.39, 0.29) is 5.60 Å². The van der Waals surface area contributed by atoms with Crippen LogP contribution in [0.25, 0.3) is 0 Å². The zero-order chi connectivity index (χ0) is 16.6. The molecule has 0 aliphatic carbocycles. The van der Waals surface area contributed by atoms with Crippen LogP contribution in [0.2, 0.25) is 0 Å². The topological polar surface area (TPSA) is 12.5 Å². The summed E-state index contributed by atoms with van der Waals surface area (Å²) in [7, 11) is 4.13. The van der Waals surface area contributed by atoms with E-state index >= 15 is 0 Å². The molecule has 0 saturated carbocycles. The van der Waals surface area contributed by atoms with Gasteiger partial charge in [-0.3, -0.25) is 4.90 Å². The largest absolute Gasteiger partial charge is 0.374 e. The van der Waals surface area contributed by atoms with Gasteiger partial charge in [0.2, 0.25) is 0 Å². The van der Waals surface area contributed by atoms with Gasteiger partial charge in [0.1, 0.15) is 0 Å². The van der Waals surface area contributed by atoms with E-state index in [1.165, 1.54) is 31.6 Å². The van der Waals surface area contributed by atoms with Crippen LogP contribution in [-0.4, -0.2) is 47.2 Å². The zero-order valence-corrected chi connectivity index (χ0v) is 17.2. The van der Waals surface area contributed by atoms with Gasteiger partial charge in [0.05, 0.1) is 12.2 Å². The lowest BCUT2D eigenvalue weighted by Gasteiger charge is -2.33. The maximum absolute atomic E-state index is 6.17. The lowest BCUT2D eigenvalue weighted by molar-refractivity contribution is -0.0571. The third-order valence-electron chi connectivity index (χ3n) is 4.71. The molecule has 0 radical (unpaired) electrons. The van der Waals surface area contributed by atoms with Gasteiger partial charge in [0, 0.05) is 30.1 Å². The molecule has 1 aliphatic heterocycles. The van der Waals surface area contributed by atoms with Gasteiger partial charge in [0.15, 0.2) is 0 Å². The molecule has 1 unspecified atom stereocenters. The van der Waals surface area contributed by atoms with Gasteiger partial charge in [-0.15, -0.1) is 0 Å². The van der Waals surface area contributed by atoms with Crippen molar-refractivity contribution in [1.29, 1.82) is 0 Å². The SMILES string of the molecule is CCCCCSSC(C)(C)CN1CCOC(C)(C(C)C)CC1. The molecule has 0 aromatic carbocycles. The van der Waals surface area contributed by atoms with Crippen molar-refractivity contribution in [1.82, 2.24) is 4.90 Å². The molecule has 0 aromatic rings. The quantitative estimate of drug-likeness (QED) is 0.404. The standard InChI is InChI=1S/C18H37NOS2/c1-7-8-9-14-21-22-17(4,5)15-19-11-10-18(6,16(2)3)20-13-12-19/h16H,7-15H2,1-6H3. The monoisotopic (exact) mass is 347 g/mol. The van der Waals surface area contributed by atoms with E-state index in [9.17, 15) is 0 Å². The summed E-state index contributed by atoms with van der Waals surface area (Å²) >= 11 is 0. The normalized spacial score (nSPS) is 24.7. The minimum Gasteiger partial charge on any atom is -0.374 e. The lowest BCUT2D eigenvalue weighted by Crippen LogP contribution is -2.38. The van der Waals surface area contributed by atoms with E-state index in [0.29, 0.717) is 10.7 Å². The van der Waals surface area contributed by atoms with Crippen LogP contribution >= 0.6 is 21.6 Å². The van der Waals surface area contributed by atoms with Gasteiger partial charge in [-0.1, -0.05) is 55.2 Å². The highest BCUT2D eigenvalue weighted by atomic mass is 33.1. The molecule has 0 aromatic heterocycles. The molecule has 1 fully saturated rings. The fraction of sp³-hybridized carbons (Fsp3) is 1.00. The lowest BCUT2D eigenvalue weighted by atomic mass is 9.89. The number of ether oxygens (including phenoxy) is 1. The molecule has 1 saturated heterocycles. The number of unbranched alkanes of at least 4 members (excludes halogenated alkanes) is 2. The predicted octanol–water partition coefficient (Wildman–Crippen LogP) is 5.47. The van der Waals surface area contributed by atoms with Gasteiger partial charge in [-0.05, 0) is 39.5 Å². The Morgan fingerprint density at radius 3 is 2.59 bits per heavy atom. The minimum absolute atomic E-state index is 0.0565. The molecule has 1 aliphatic rings. The molecule has 2 nitrogen and oxygen atoms in total. The predicted molar refractivity (Wildman–Crippen MR) is 104 cm³/mol. The Labute approximate surface area is 146 Å². The molecule has 22 heavy (non-hydrogen) atoms. The first kappa shape index (κ1) is 20.7. The van der Waals surface area contributed by atoms with Crippen LogP contribution in [-0.2, 0) is 4.74 Å². The minimum atomic E-state index is 0.0565. The number of hydrogen-bond donors (Lipinski definition) is 0. The first-order chi connectivity index (χ1) is 10.3. The summed E-state index contributed by atoms with van der Waals surface area (Å²) in [6.45, 7) is 18.2. The van der Waals surface area contributed by atoms with Crippen LogP contribution in [0, 0.1) is 5.92 Å². The average Bonchev–Trinajstić information content (AvgIpc) is 2.61. The van der Waals surface area contributed by atoms with E-state index in [0.717, 1.165) is 26.1 Å². The molecule has 4 heteroatoms. The molecular formula is C18H37NOS2. The summed E-state index contributed by atoms with van der Waals surface area (Å²) < 4.78 is 6.48. The number of rotatable bonds is 9. The Morgan fingerprint density at radius 2 is 1.95 bits per heavy atom. The van der Waals surface area contributed by atoms with Crippen molar-refractivity contribution < 1.29 is 4.74 Å². The van der Waals surface area contributed by atoms with Crippen molar-refractivity contribution >= 4 is 21.6 Å². The molecule has 0 N–H and O–H groups in total. The van der Waals surface area contributed by atoms with Gasteiger partial charge in [0.25, 0.3) is 0 Å². The summed E-state index contributed by atoms with van der Waals surface area (Å²) in [5.74, 6) is 1.88. The maximum atomic E-state index is 6.17. The smallest absolute Gasteiger partial charge is 0.0690 e. The van der Waals surface area contributed by atoms with Gasteiger partial charge in [-0.2, -0.15) is 0 Å². The zero-order valence-electron chi connectivity index (χ0n) is 15.6. The van der Waals surface area contributed by atoms with Crippen molar-refractivity contribution in [3.63, 3.8) is 0 Å². The van der Waals surface area contributed by atoms with Crippen molar-refractivity contribution in [2.45, 2.75) is 77.6 Å². The van der Waals surface area contributed by atoms with E-state index in [1.807, 2.05) is 0 Å². The first-order valence-electron chi connectivity index (χ1n) is 8.96. The fourth-order valence-corrected chi connectivity index (χ4v) is 5.44. The average molecular weight is 348 g/mol. The van der Waals surface area contributed by atoms with Gasteiger partial charge >= 0.3 is 0 Å². The Morgan fingerprint density at radius 1 is 1.23 bits per heavy atom. The summed E-state index contributed by atoms with van der Waals surface area (Å²) in [6.07, 6.45) is 5.19. The third kappa shape index (κ3) is 7.46. The Hall–Kier alpha value is 0.620. The Kier molecular flexibility index (Phi) is 9.21. The van der Waals surface area contributed by atoms with Gasteiger partial charge < -0.3 is 4.74 Å².